The van der Waals surface area contributed by atoms with Gasteiger partial charge in [-0.3, -0.25) is 42.5 Å². The Kier molecular flexibility index (Phi) is 10.5. The Hall–Kier alpha value is -0.467. The fourth-order valence-corrected chi connectivity index (χ4v) is 12.6. The van der Waals surface area contributed by atoms with Crippen molar-refractivity contribution in [3.63, 3.8) is 0 Å². The number of aliphatic carboxylic acids is 2. The van der Waals surface area contributed by atoms with Gasteiger partial charge in [0.25, 0.3) is 0 Å². The summed E-state index contributed by atoms with van der Waals surface area (Å²) in [5.74, 6) is -1.95. The van der Waals surface area contributed by atoms with E-state index >= 15 is 0 Å². The minimum atomic E-state index is -1.27. The van der Waals surface area contributed by atoms with E-state index in [1.54, 1.807) is 0 Å². The summed E-state index contributed by atoms with van der Waals surface area (Å²) in [6, 6.07) is 0. The first-order valence-corrected chi connectivity index (χ1v) is 21.2. The molecule has 48 heavy (non-hydrogen) atoms. The predicted molar refractivity (Wildman–Crippen MR) is 171 cm³/mol. The third kappa shape index (κ3) is 6.11. The fraction of sp³-hybridized carbons (Fsp3) is 0.941. The Labute approximate surface area is 298 Å². The van der Waals surface area contributed by atoms with E-state index in [1.807, 2.05) is 17.3 Å². The second kappa shape index (κ2) is 14.5. The molecule has 8 bridgehead atoms. The number of fused-ring (bicyclic) bond motifs is 20. The van der Waals surface area contributed by atoms with Crippen LogP contribution < -0.4 is 52.7 Å². The van der Waals surface area contributed by atoms with Crippen molar-refractivity contribution >= 4 is 21.6 Å². The average Bonchev–Trinajstić information content (AvgIpc) is 3.84. The van der Waals surface area contributed by atoms with E-state index in [0.29, 0.717) is 48.3 Å². The number of halogens is 1. The van der Waals surface area contributed by atoms with E-state index in [9.17, 15) is 19.8 Å². The summed E-state index contributed by atoms with van der Waals surface area (Å²) in [5, 5.41) is 57.1. The van der Waals surface area contributed by atoms with Gasteiger partial charge in [0.05, 0.1) is 49.3 Å². The molecule has 9 fully saturated rings. The van der Waals surface area contributed by atoms with Crippen LogP contribution in [0.2, 0.25) is 0 Å². The molecule has 5 saturated heterocycles. The van der Waals surface area contributed by atoms with Gasteiger partial charge in [-0.15, -0.1) is 0 Å². The molecule has 0 aromatic rings. The Morgan fingerprint density at radius 3 is 1.00 bits per heavy atom. The van der Waals surface area contributed by atoms with Crippen molar-refractivity contribution in [3.8, 4) is 0 Å². The van der Waals surface area contributed by atoms with Crippen LogP contribution in [0.15, 0.2) is 0 Å². The molecule has 5 aliphatic heterocycles. The first-order valence-electron chi connectivity index (χ1n) is 19.1. The number of nitrogens with one attached hydrogen (secondary N) is 8. The summed E-state index contributed by atoms with van der Waals surface area (Å²) in [5.41, 5.74) is 0. The van der Waals surface area contributed by atoms with Gasteiger partial charge in [-0.1, -0.05) is 38.5 Å². The zero-order valence-electron chi connectivity index (χ0n) is 27.6. The van der Waals surface area contributed by atoms with Gasteiger partial charge in [-0.25, -0.2) is 0 Å². The molecule has 9 aliphatic rings. The molecule has 14 heteroatoms. The van der Waals surface area contributed by atoms with Crippen LogP contribution >= 0.6 is 9.69 Å². The van der Waals surface area contributed by atoms with Crippen molar-refractivity contribution in [1.29, 1.82) is 0 Å². The minimum absolute atomic E-state index is 0.00697. The van der Waals surface area contributed by atoms with Crippen molar-refractivity contribution < 1.29 is 37.1 Å². The summed E-state index contributed by atoms with van der Waals surface area (Å²) in [6.45, 7) is 0. The standard InChI is InChI=1S/C34H56N8O4.ClH.Rh/c43-33(44)22-14-13-21-23(24(22)34(45)46)32-41-30-20-12-6-5-11-19(20)28(39-30)37-26-16-8-2-1-7-15(16)25(35-26)36-27-17-9-3-4-10-18(17)29(38-27)40-31(21)42-32;;/h15-32,35-42H,1-14H2,(H,43,44)(H,45,46);1H;/q;;+3/p-3. The third-order valence-corrected chi connectivity index (χ3v) is 14.6. The molecular formula is C34H54ClN8O4Rh. The summed E-state index contributed by atoms with van der Waals surface area (Å²) < 4.78 is 0. The second-order valence-electron chi connectivity index (χ2n) is 16.6. The van der Waals surface area contributed by atoms with Crippen LogP contribution in [0, 0.1) is 59.2 Å². The Morgan fingerprint density at radius 2 is 0.708 bits per heavy atom. The Morgan fingerprint density at radius 1 is 0.417 bits per heavy atom. The predicted octanol–water partition coefficient (Wildman–Crippen LogP) is -0.755. The molecule has 4 saturated carbocycles. The first kappa shape index (κ1) is 34.6. The molecule has 0 spiro atoms. The van der Waals surface area contributed by atoms with Gasteiger partial charge in [0.2, 0.25) is 0 Å². The fourth-order valence-electron chi connectivity index (χ4n) is 12.6. The molecule has 5 heterocycles. The van der Waals surface area contributed by atoms with E-state index in [2.05, 4.69) is 52.2 Å². The first-order chi connectivity index (χ1) is 23.4. The molecule has 12 nitrogen and oxygen atoms in total. The average molecular weight is 777 g/mol. The number of hydrogen-bond donors (Lipinski definition) is 8. The maximum atomic E-state index is 12.7. The van der Waals surface area contributed by atoms with Crippen molar-refractivity contribution in [2.75, 3.05) is 0 Å². The molecule has 0 aromatic carbocycles. The van der Waals surface area contributed by atoms with Crippen molar-refractivity contribution in [2.24, 2.45) is 59.2 Å². The van der Waals surface area contributed by atoms with Gasteiger partial charge in [0.1, 0.15) is 0 Å². The van der Waals surface area contributed by atoms with Crippen molar-refractivity contribution in [1.82, 2.24) is 42.5 Å². The number of rotatable bonds is 2. The van der Waals surface area contributed by atoms with Gasteiger partial charge in [0, 0.05) is 29.7 Å². The van der Waals surface area contributed by atoms with Crippen molar-refractivity contribution in [2.45, 2.75) is 139 Å². The molecule has 9 rings (SSSR count). The zero-order valence-corrected chi connectivity index (χ0v) is 30.0. The molecule has 8 N–H and O–H groups in total. The molecule has 18 unspecified atom stereocenters. The molecule has 0 aromatic heterocycles. The quantitative estimate of drug-likeness (QED) is 0.165. The number of carboxylic acids is 2. The number of hydrogen-bond acceptors (Lipinski definition) is 12. The van der Waals surface area contributed by atoms with Crippen LogP contribution in [0.1, 0.15) is 89.9 Å². The Balaban J connectivity index is 0.00000165. The van der Waals surface area contributed by atoms with Crippen LogP contribution in [0.4, 0.5) is 0 Å². The second-order valence-corrected chi connectivity index (χ2v) is 16.6. The molecule has 270 valence electrons. The van der Waals surface area contributed by atoms with Gasteiger partial charge in [-0.2, -0.15) is 0 Å². The summed E-state index contributed by atoms with van der Waals surface area (Å²) in [7, 11) is 4.53. The summed E-state index contributed by atoms with van der Waals surface area (Å²) in [4.78, 5) is 25.0. The van der Waals surface area contributed by atoms with Crippen LogP contribution in [0.5, 0.6) is 0 Å². The SMILES string of the molecule is O=C([O-])C1CCC2C3NC4NC(NC5NC(NC6NC(NC(N3)C2C1C(=O)[O-])C1CCCCC61)C1CCCCC51)C1CCCCC41.[Cl][Rh+2]. The van der Waals surface area contributed by atoms with Gasteiger partial charge in [0.15, 0.2) is 0 Å². The van der Waals surface area contributed by atoms with Gasteiger partial charge in [-0.05, 0) is 92.8 Å². The van der Waals surface area contributed by atoms with Gasteiger partial charge >= 0.3 is 27.0 Å². The van der Waals surface area contributed by atoms with E-state index in [4.69, 9.17) is 0 Å². The van der Waals surface area contributed by atoms with E-state index in [1.165, 1.54) is 70.6 Å². The number of carbonyl (C=O) groups is 2. The summed E-state index contributed by atoms with van der Waals surface area (Å²) >= 11 is 2.02. The van der Waals surface area contributed by atoms with Crippen LogP contribution in [-0.2, 0) is 26.9 Å². The van der Waals surface area contributed by atoms with E-state index in [-0.39, 0.29) is 55.2 Å². The maximum absolute atomic E-state index is 12.7. The van der Waals surface area contributed by atoms with E-state index in [0.717, 1.165) is 6.42 Å². The normalized spacial score (nSPS) is 52.5. The monoisotopic (exact) mass is 776 g/mol. The zero-order chi connectivity index (χ0) is 33.1. The van der Waals surface area contributed by atoms with Crippen molar-refractivity contribution in [3.05, 3.63) is 0 Å². The molecular weight excluding hydrogens is 723 g/mol. The number of carboxylic acid groups (broad SMARTS) is 2. The van der Waals surface area contributed by atoms with Gasteiger partial charge < -0.3 is 19.8 Å². The summed E-state index contributed by atoms with van der Waals surface area (Å²) in [6.07, 6.45) is 16.2. The molecule has 0 radical (unpaired) electrons. The topological polar surface area (TPSA) is 176 Å². The molecule has 4 aliphatic carbocycles. The molecule has 0 amide bonds. The Bertz CT molecular complexity index is 1190. The third-order valence-electron chi connectivity index (χ3n) is 14.6. The van der Waals surface area contributed by atoms with E-state index < -0.39 is 29.7 Å². The molecule has 18 atom stereocenters. The van der Waals surface area contributed by atoms with Crippen LogP contribution in [0.3, 0.4) is 0 Å². The van der Waals surface area contributed by atoms with Crippen LogP contribution in [-0.4, -0.2) is 61.3 Å². The number of carbonyl (C=O) groups excluding carboxylic acids is 2. The van der Waals surface area contributed by atoms with Crippen LogP contribution in [0.25, 0.3) is 0 Å².